The topological polar surface area (TPSA) is 108 Å². The van der Waals surface area contributed by atoms with Crippen LogP contribution in [0.3, 0.4) is 0 Å². The number of unbranched alkanes of at least 4 members (excludes halogenated alkanes) is 30. The Morgan fingerprint density at radius 2 is 0.770 bits per heavy atom. The summed E-state index contributed by atoms with van der Waals surface area (Å²) in [5.74, 6) is -0.827. The number of carbonyl (C=O) groups excluding carboxylic acids is 2. The van der Waals surface area contributed by atoms with Crippen molar-refractivity contribution in [1.29, 1.82) is 0 Å². The van der Waals surface area contributed by atoms with Crippen LogP contribution in [0, 0.1) is 0 Å². The molecule has 10 heteroatoms. The van der Waals surface area contributed by atoms with Gasteiger partial charge in [-0.15, -0.1) is 0 Å². The van der Waals surface area contributed by atoms with Gasteiger partial charge in [0.2, 0.25) is 0 Å². The van der Waals surface area contributed by atoms with Gasteiger partial charge in [-0.1, -0.05) is 247 Å². The van der Waals surface area contributed by atoms with E-state index in [9.17, 15) is 19.0 Å². The highest BCUT2D eigenvalue weighted by molar-refractivity contribution is 7.47. The van der Waals surface area contributed by atoms with E-state index in [1.807, 2.05) is 21.1 Å². The third kappa shape index (κ3) is 58.7. The van der Waals surface area contributed by atoms with E-state index in [1.54, 1.807) is 0 Å². The molecule has 9 nitrogen and oxygen atoms in total. The van der Waals surface area contributed by atoms with Gasteiger partial charge < -0.3 is 18.9 Å². The van der Waals surface area contributed by atoms with Crippen LogP contribution in [-0.4, -0.2) is 74.9 Å². The third-order valence-corrected chi connectivity index (χ3v) is 14.2. The highest BCUT2D eigenvalue weighted by atomic mass is 31.2. The molecule has 74 heavy (non-hydrogen) atoms. The Morgan fingerprint density at radius 3 is 1.16 bits per heavy atom. The average Bonchev–Trinajstić information content (AvgIpc) is 3.36. The molecule has 0 spiro atoms. The molecule has 0 aliphatic carbocycles. The van der Waals surface area contributed by atoms with Gasteiger partial charge >= 0.3 is 19.8 Å². The predicted molar refractivity (Wildman–Crippen MR) is 316 cm³/mol. The van der Waals surface area contributed by atoms with Crippen LogP contribution in [0.15, 0.2) is 72.9 Å². The van der Waals surface area contributed by atoms with Gasteiger partial charge in [-0.2, -0.15) is 0 Å². The van der Waals surface area contributed by atoms with Crippen molar-refractivity contribution in [2.75, 3.05) is 47.5 Å². The van der Waals surface area contributed by atoms with Gasteiger partial charge in [0.05, 0.1) is 27.7 Å². The second-order valence-corrected chi connectivity index (χ2v) is 23.2. The van der Waals surface area contributed by atoms with Crippen molar-refractivity contribution in [2.45, 2.75) is 277 Å². The van der Waals surface area contributed by atoms with Crippen LogP contribution in [0.5, 0.6) is 0 Å². The molecule has 0 bridgehead atoms. The van der Waals surface area contributed by atoms with E-state index in [4.69, 9.17) is 18.5 Å². The molecular weight excluding hydrogens is 942 g/mol. The quantitative estimate of drug-likeness (QED) is 0.0211. The number of ether oxygens (including phenoxy) is 2. The maximum Gasteiger partial charge on any atom is 0.472 e. The Morgan fingerprint density at radius 1 is 0.432 bits per heavy atom. The first-order valence-electron chi connectivity index (χ1n) is 30.7. The van der Waals surface area contributed by atoms with Gasteiger partial charge in [0.25, 0.3) is 0 Å². The first-order chi connectivity index (χ1) is 36.0. The molecule has 0 rings (SSSR count). The molecule has 430 valence electrons. The zero-order chi connectivity index (χ0) is 54.2. The summed E-state index contributed by atoms with van der Waals surface area (Å²) in [6.45, 7) is 4.28. The highest BCUT2D eigenvalue weighted by Gasteiger charge is 2.27. The summed E-state index contributed by atoms with van der Waals surface area (Å²) in [6, 6.07) is 0. The molecule has 2 unspecified atom stereocenters. The average molecular weight is 1060 g/mol. The lowest BCUT2D eigenvalue weighted by atomic mass is 10.0. The summed E-state index contributed by atoms with van der Waals surface area (Å²) in [7, 11) is 1.46. The van der Waals surface area contributed by atoms with Crippen LogP contribution in [0.1, 0.15) is 271 Å². The van der Waals surface area contributed by atoms with Crippen LogP contribution in [0.4, 0.5) is 0 Å². The molecule has 1 N–H and O–H groups in total. The molecule has 2 atom stereocenters. The molecular formula is C64H117NO8P+. The monoisotopic (exact) mass is 1060 g/mol. The summed E-state index contributed by atoms with van der Waals surface area (Å²) in [4.78, 5) is 35.6. The lowest BCUT2D eigenvalue weighted by molar-refractivity contribution is -0.870. The third-order valence-electron chi connectivity index (χ3n) is 13.2. The van der Waals surface area contributed by atoms with Crippen LogP contribution in [0.2, 0.25) is 0 Å². The fraction of sp³-hybridized carbons (Fsp3) is 0.781. The summed E-state index contributed by atoms with van der Waals surface area (Å²) in [6.07, 6.45) is 73.0. The fourth-order valence-electron chi connectivity index (χ4n) is 8.51. The Balaban J connectivity index is 3.94. The number of phosphoric acid groups is 1. The maximum absolute atomic E-state index is 12.8. The minimum Gasteiger partial charge on any atom is -0.462 e. The summed E-state index contributed by atoms with van der Waals surface area (Å²) >= 11 is 0. The highest BCUT2D eigenvalue weighted by Crippen LogP contribution is 2.43. The zero-order valence-corrected chi connectivity index (χ0v) is 49.7. The van der Waals surface area contributed by atoms with Crippen LogP contribution < -0.4 is 0 Å². The van der Waals surface area contributed by atoms with Crippen molar-refractivity contribution in [3.05, 3.63) is 72.9 Å². The Bertz CT molecular complexity index is 1480. The number of hydrogen-bond donors (Lipinski definition) is 1. The van der Waals surface area contributed by atoms with Crippen LogP contribution in [0.25, 0.3) is 0 Å². The van der Waals surface area contributed by atoms with Crippen molar-refractivity contribution in [3.8, 4) is 0 Å². The fourth-order valence-corrected chi connectivity index (χ4v) is 9.25. The Kier molecular flexibility index (Phi) is 53.3. The lowest BCUT2D eigenvalue weighted by Gasteiger charge is -2.24. The molecule has 0 aliphatic rings. The molecule has 0 aromatic rings. The van der Waals surface area contributed by atoms with E-state index >= 15 is 0 Å². The molecule has 0 radical (unpaired) electrons. The molecule has 0 fully saturated rings. The molecule has 0 heterocycles. The molecule has 0 amide bonds. The van der Waals surface area contributed by atoms with Gasteiger partial charge in [-0.25, -0.2) is 4.57 Å². The number of carbonyl (C=O) groups is 2. The number of nitrogens with zero attached hydrogens (tertiary/aromatic N) is 1. The summed E-state index contributed by atoms with van der Waals surface area (Å²) in [5.41, 5.74) is 0. The van der Waals surface area contributed by atoms with E-state index < -0.39 is 32.5 Å². The van der Waals surface area contributed by atoms with E-state index in [2.05, 4.69) is 86.8 Å². The maximum atomic E-state index is 12.8. The minimum atomic E-state index is -4.39. The summed E-state index contributed by atoms with van der Waals surface area (Å²) in [5, 5.41) is 0. The van der Waals surface area contributed by atoms with Gasteiger partial charge in [0.1, 0.15) is 19.8 Å². The van der Waals surface area contributed by atoms with E-state index in [0.717, 1.165) is 64.2 Å². The second kappa shape index (κ2) is 55.2. The number of rotatable bonds is 56. The number of quaternary nitrogens is 1. The van der Waals surface area contributed by atoms with Crippen molar-refractivity contribution in [2.24, 2.45) is 0 Å². The van der Waals surface area contributed by atoms with E-state index in [0.29, 0.717) is 23.9 Å². The summed E-state index contributed by atoms with van der Waals surface area (Å²) < 4.78 is 34.5. The second-order valence-electron chi connectivity index (χ2n) is 21.7. The number of esters is 2. The van der Waals surface area contributed by atoms with Gasteiger partial charge in [0, 0.05) is 12.8 Å². The zero-order valence-electron chi connectivity index (χ0n) is 48.8. The first-order valence-corrected chi connectivity index (χ1v) is 32.2. The molecule has 0 saturated heterocycles. The van der Waals surface area contributed by atoms with Gasteiger partial charge in [-0.05, 0) is 83.5 Å². The Labute approximate surface area is 457 Å². The van der Waals surface area contributed by atoms with E-state index in [1.165, 1.54) is 167 Å². The molecule has 0 aromatic carbocycles. The molecule has 0 aliphatic heterocycles. The minimum absolute atomic E-state index is 0.0258. The largest absolute Gasteiger partial charge is 0.472 e. The van der Waals surface area contributed by atoms with Crippen LogP contribution >= 0.6 is 7.82 Å². The number of hydrogen-bond acceptors (Lipinski definition) is 7. The standard InChI is InChI=1S/C64H116NO8P/c1-6-8-10-12-14-16-18-20-21-22-23-24-25-26-27-28-29-30-31-32-33-34-35-36-37-38-39-40-41-42-43-45-47-49-51-53-55-57-64(67)73-62(61-72-74(68,69)71-59-58-65(3,4)5)60-70-63(66)56-54-52-50-48-46-44-19-17-15-13-11-9-7-2/h9,11,15,17-18,20,22-23,25-26,44,46,62H,6-8,10,12-14,16,19,21,24,27-43,45,47-61H2,1-5H3/p+1/b11-9-,17-15-,20-18-,23-22-,26-25-,46-44-. The van der Waals surface area contributed by atoms with Gasteiger partial charge in [0.15, 0.2) is 6.10 Å². The van der Waals surface area contributed by atoms with Crippen LogP contribution in [-0.2, 0) is 32.7 Å². The predicted octanol–water partition coefficient (Wildman–Crippen LogP) is 19.3. The normalized spacial score (nSPS) is 13.8. The lowest BCUT2D eigenvalue weighted by Crippen LogP contribution is -2.37. The van der Waals surface area contributed by atoms with Crippen molar-refractivity contribution < 1.29 is 42.1 Å². The smallest absolute Gasteiger partial charge is 0.462 e. The number of allylic oxidation sites excluding steroid dienone is 12. The Hall–Kier alpha value is -2.55. The van der Waals surface area contributed by atoms with Crippen molar-refractivity contribution in [3.63, 3.8) is 0 Å². The van der Waals surface area contributed by atoms with E-state index in [-0.39, 0.29) is 26.1 Å². The van der Waals surface area contributed by atoms with Crippen molar-refractivity contribution >= 4 is 19.8 Å². The number of phosphoric ester groups is 1. The van der Waals surface area contributed by atoms with Gasteiger partial charge in [-0.3, -0.25) is 18.6 Å². The number of likely N-dealkylation sites (N-methyl/N-ethyl adjacent to an activating group) is 1. The molecule has 0 saturated carbocycles. The molecule has 0 aromatic heterocycles. The SMILES string of the molecule is CC/C=C\C/C=C\C/C=C\CCCCCC(=O)OCC(COP(=O)(O)OCC[N+](C)(C)C)OC(=O)CCCCCCCCCCCCCCCCCCCCCCCC/C=C\C/C=C\C/C=C\CCCCCCC. The van der Waals surface area contributed by atoms with Crippen molar-refractivity contribution in [1.82, 2.24) is 0 Å². The first kappa shape index (κ1) is 71.5.